The summed E-state index contributed by atoms with van der Waals surface area (Å²) >= 11 is 3.56. The molecule has 0 rings (SSSR count). The lowest BCUT2D eigenvalue weighted by Crippen LogP contribution is -2.12. The van der Waals surface area contributed by atoms with Gasteiger partial charge in [-0.2, -0.15) is 0 Å². The zero-order valence-corrected chi connectivity index (χ0v) is 10.9. The Balaban J connectivity index is 3.27. The summed E-state index contributed by atoms with van der Waals surface area (Å²) < 4.78 is 0. The zero-order chi connectivity index (χ0) is 11.7. The number of aliphatic hydroxyl groups is 1. The van der Waals surface area contributed by atoms with Gasteiger partial charge in [0.25, 0.3) is 0 Å². The summed E-state index contributed by atoms with van der Waals surface area (Å²) in [6.45, 7) is 2.15. The van der Waals surface area contributed by atoms with E-state index in [2.05, 4.69) is 22.9 Å². The van der Waals surface area contributed by atoms with Gasteiger partial charge in [0.05, 0.1) is 12.5 Å². The van der Waals surface area contributed by atoms with Gasteiger partial charge < -0.3 is 10.2 Å². The smallest absolute Gasteiger partial charge is 0.305 e. The van der Waals surface area contributed by atoms with Crippen molar-refractivity contribution in [1.29, 1.82) is 0 Å². The van der Waals surface area contributed by atoms with E-state index >= 15 is 0 Å². The normalized spacial score (nSPS) is 14.9. The minimum Gasteiger partial charge on any atom is -0.481 e. The van der Waals surface area contributed by atoms with E-state index in [0.29, 0.717) is 11.2 Å². The number of alkyl halides is 1. The monoisotopic (exact) mass is 280 g/mol. The third-order valence-electron chi connectivity index (χ3n) is 2.41. The number of hydrogen-bond donors (Lipinski definition) is 2. The van der Waals surface area contributed by atoms with Crippen molar-refractivity contribution < 1.29 is 15.0 Å². The minimum absolute atomic E-state index is 0.129. The maximum Gasteiger partial charge on any atom is 0.305 e. The summed E-state index contributed by atoms with van der Waals surface area (Å²) in [7, 11) is 0. The van der Waals surface area contributed by atoms with Gasteiger partial charge in [0.1, 0.15) is 0 Å². The lowest BCUT2D eigenvalue weighted by molar-refractivity contribution is -0.139. The molecule has 2 unspecified atom stereocenters. The van der Waals surface area contributed by atoms with Crippen LogP contribution in [0.1, 0.15) is 51.9 Å². The zero-order valence-electron chi connectivity index (χ0n) is 9.29. The van der Waals surface area contributed by atoms with Crippen molar-refractivity contribution >= 4 is 21.9 Å². The third kappa shape index (κ3) is 10.2. The topological polar surface area (TPSA) is 57.5 Å². The lowest BCUT2D eigenvalue weighted by atomic mass is 10.1. The molecule has 0 radical (unpaired) electrons. The van der Waals surface area contributed by atoms with Crippen LogP contribution in [0.15, 0.2) is 0 Å². The molecule has 2 atom stereocenters. The molecule has 0 bridgehead atoms. The highest BCUT2D eigenvalue weighted by Gasteiger charge is 2.08. The van der Waals surface area contributed by atoms with Gasteiger partial charge in [-0.05, 0) is 19.3 Å². The number of carbonyl (C=O) groups is 1. The van der Waals surface area contributed by atoms with Crippen LogP contribution in [-0.4, -0.2) is 27.1 Å². The first-order valence-corrected chi connectivity index (χ1v) is 6.51. The molecule has 0 aromatic carbocycles. The molecule has 0 saturated heterocycles. The predicted octanol–water partition coefficient (Wildman–Crippen LogP) is 2.95. The highest BCUT2D eigenvalue weighted by molar-refractivity contribution is 9.09. The summed E-state index contributed by atoms with van der Waals surface area (Å²) in [5.41, 5.74) is 0. The van der Waals surface area contributed by atoms with Crippen LogP contribution in [0.25, 0.3) is 0 Å². The van der Waals surface area contributed by atoms with Crippen molar-refractivity contribution in [2.45, 2.75) is 62.8 Å². The first-order valence-electron chi connectivity index (χ1n) is 5.60. The number of halogens is 1. The summed E-state index contributed by atoms with van der Waals surface area (Å²) in [5.74, 6) is -0.922. The van der Waals surface area contributed by atoms with Crippen LogP contribution in [0.3, 0.4) is 0 Å². The molecule has 0 aromatic heterocycles. The van der Waals surface area contributed by atoms with Crippen molar-refractivity contribution in [3.8, 4) is 0 Å². The van der Waals surface area contributed by atoms with E-state index in [1.807, 2.05) is 0 Å². The van der Waals surface area contributed by atoms with Crippen molar-refractivity contribution in [1.82, 2.24) is 0 Å². The van der Waals surface area contributed by atoms with Crippen molar-refractivity contribution in [3.05, 3.63) is 0 Å². The summed E-state index contributed by atoms with van der Waals surface area (Å²) in [5, 5.41) is 17.7. The molecule has 0 amide bonds. The molecule has 0 heterocycles. The molecule has 0 aliphatic rings. The van der Waals surface area contributed by atoms with Crippen LogP contribution in [-0.2, 0) is 4.79 Å². The van der Waals surface area contributed by atoms with Gasteiger partial charge in [0.15, 0.2) is 0 Å². The van der Waals surface area contributed by atoms with Crippen molar-refractivity contribution in [3.63, 3.8) is 0 Å². The van der Waals surface area contributed by atoms with Gasteiger partial charge in [0, 0.05) is 4.83 Å². The second-order valence-corrected chi connectivity index (χ2v) is 5.19. The van der Waals surface area contributed by atoms with Gasteiger partial charge >= 0.3 is 5.97 Å². The van der Waals surface area contributed by atoms with Crippen molar-refractivity contribution in [2.24, 2.45) is 0 Å². The molecule has 3 nitrogen and oxygen atoms in total. The molecule has 0 spiro atoms. The summed E-state index contributed by atoms with van der Waals surface area (Å²) in [6, 6.07) is 0. The van der Waals surface area contributed by atoms with Crippen LogP contribution in [0.2, 0.25) is 0 Å². The van der Waals surface area contributed by atoms with E-state index in [9.17, 15) is 9.90 Å². The van der Waals surface area contributed by atoms with Crippen LogP contribution < -0.4 is 0 Å². The number of rotatable bonds is 9. The van der Waals surface area contributed by atoms with Crippen molar-refractivity contribution in [2.75, 3.05) is 0 Å². The Morgan fingerprint density at radius 2 is 1.87 bits per heavy atom. The average molecular weight is 281 g/mol. The molecule has 0 fully saturated rings. The largest absolute Gasteiger partial charge is 0.481 e. The fourth-order valence-corrected chi connectivity index (χ4v) is 1.75. The van der Waals surface area contributed by atoms with E-state index in [0.717, 1.165) is 32.1 Å². The maximum absolute atomic E-state index is 10.3. The average Bonchev–Trinajstić information content (AvgIpc) is 2.15. The number of carboxylic acids is 1. The Kier molecular flexibility index (Phi) is 9.10. The molecule has 0 saturated carbocycles. The van der Waals surface area contributed by atoms with Gasteiger partial charge in [-0.15, -0.1) is 0 Å². The number of aliphatic hydroxyl groups excluding tert-OH is 1. The molecular formula is C11H21BrO3. The summed E-state index contributed by atoms with van der Waals surface area (Å²) in [4.78, 5) is 10.9. The van der Waals surface area contributed by atoms with E-state index in [-0.39, 0.29) is 6.42 Å². The molecule has 90 valence electrons. The van der Waals surface area contributed by atoms with E-state index in [1.54, 1.807) is 0 Å². The number of hydrogen-bond acceptors (Lipinski definition) is 2. The third-order valence-corrected chi connectivity index (χ3v) is 3.51. The van der Waals surface area contributed by atoms with Gasteiger partial charge in [0.2, 0.25) is 0 Å². The first kappa shape index (κ1) is 14.9. The quantitative estimate of drug-likeness (QED) is 0.504. The molecule has 0 aliphatic heterocycles. The Labute approximate surface area is 100 Å². The van der Waals surface area contributed by atoms with Crippen LogP contribution in [0.4, 0.5) is 0 Å². The molecule has 2 N–H and O–H groups in total. The highest BCUT2D eigenvalue weighted by atomic mass is 79.9. The number of unbranched alkanes of at least 4 members (excludes halogenated alkanes) is 2. The van der Waals surface area contributed by atoms with Crippen LogP contribution in [0.5, 0.6) is 0 Å². The standard InChI is InChI=1S/C11H21BrO3/c1-2-9(12)6-4-3-5-7-10(13)8-11(14)15/h9-10,13H,2-8H2,1H3,(H,14,15). The molecular weight excluding hydrogens is 260 g/mol. The van der Waals surface area contributed by atoms with Gasteiger partial charge in [-0.25, -0.2) is 0 Å². The highest BCUT2D eigenvalue weighted by Crippen LogP contribution is 2.15. The van der Waals surface area contributed by atoms with E-state index in [4.69, 9.17) is 5.11 Å². The summed E-state index contributed by atoms with van der Waals surface area (Å²) in [6.07, 6.45) is 5.22. The van der Waals surface area contributed by atoms with Crippen LogP contribution >= 0.6 is 15.9 Å². The fourth-order valence-electron chi connectivity index (χ4n) is 1.43. The minimum atomic E-state index is -0.922. The Morgan fingerprint density at radius 3 is 2.40 bits per heavy atom. The first-order chi connectivity index (χ1) is 7.06. The Bertz CT molecular complexity index is 173. The molecule has 15 heavy (non-hydrogen) atoms. The number of aliphatic carboxylic acids is 1. The Morgan fingerprint density at radius 1 is 1.27 bits per heavy atom. The second-order valence-electron chi connectivity index (χ2n) is 3.90. The van der Waals surface area contributed by atoms with E-state index < -0.39 is 12.1 Å². The van der Waals surface area contributed by atoms with Crippen LogP contribution in [0, 0.1) is 0 Å². The second kappa shape index (κ2) is 9.16. The Hall–Kier alpha value is -0.0900. The molecule has 0 aliphatic carbocycles. The molecule has 4 heteroatoms. The molecule has 0 aromatic rings. The van der Waals surface area contributed by atoms with E-state index in [1.165, 1.54) is 0 Å². The maximum atomic E-state index is 10.3. The SMILES string of the molecule is CCC(Br)CCCCCC(O)CC(=O)O. The fraction of sp³-hybridized carbons (Fsp3) is 0.909. The van der Waals surface area contributed by atoms with Gasteiger partial charge in [-0.3, -0.25) is 4.79 Å². The number of carboxylic acid groups (broad SMARTS) is 1. The van der Waals surface area contributed by atoms with Gasteiger partial charge in [-0.1, -0.05) is 42.1 Å². The lowest BCUT2D eigenvalue weighted by Gasteiger charge is -2.08. The predicted molar refractivity (Wildman–Crippen MR) is 64.4 cm³/mol.